The molecule has 0 aliphatic rings. The maximum atomic E-state index is 11.8. The molecule has 0 fully saturated rings. The summed E-state index contributed by atoms with van der Waals surface area (Å²) in [5, 5.41) is 5.43. The van der Waals surface area contributed by atoms with Gasteiger partial charge in [-0.1, -0.05) is 47.1 Å². The summed E-state index contributed by atoms with van der Waals surface area (Å²) in [5.74, 6) is -0.424. The quantitative estimate of drug-likeness (QED) is 0.417. The van der Waals surface area contributed by atoms with Crippen molar-refractivity contribution in [3.8, 4) is 0 Å². The van der Waals surface area contributed by atoms with Gasteiger partial charge in [-0.3, -0.25) is 0 Å². The Hall–Kier alpha value is -2.59. The van der Waals surface area contributed by atoms with Crippen LogP contribution in [-0.4, -0.2) is 16.8 Å². The number of hydrogen-bond acceptors (Lipinski definition) is 3. The highest BCUT2D eigenvalue weighted by molar-refractivity contribution is 6.30. The molecule has 0 aliphatic carbocycles. The lowest BCUT2D eigenvalue weighted by Crippen LogP contribution is -2.10. The molecule has 0 spiro atoms. The number of halogens is 1. The maximum absolute atomic E-state index is 11.8. The van der Waals surface area contributed by atoms with E-state index in [-0.39, 0.29) is 6.54 Å². The second kappa shape index (κ2) is 6.45. The van der Waals surface area contributed by atoms with E-state index in [0.717, 1.165) is 16.5 Å². The number of carbonyl (C=O) groups is 1. The van der Waals surface area contributed by atoms with Crippen LogP contribution in [0.1, 0.15) is 5.56 Å². The van der Waals surface area contributed by atoms with Crippen LogP contribution in [0.5, 0.6) is 0 Å². The number of nitrogens with zero attached hydrogens (tertiary/aromatic N) is 2. The number of hydrogen-bond donors (Lipinski definition) is 0. The first-order valence-electron chi connectivity index (χ1n) is 6.75. The normalized spacial score (nSPS) is 11.1. The highest BCUT2D eigenvalue weighted by atomic mass is 35.5. The molecule has 22 heavy (non-hydrogen) atoms. The molecule has 0 atom stereocenters. The average molecular weight is 313 g/mol. The summed E-state index contributed by atoms with van der Waals surface area (Å²) in [5.41, 5.74) is 1.80. The van der Waals surface area contributed by atoms with Crippen LogP contribution >= 0.6 is 11.6 Å². The summed E-state index contributed by atoms with van der Waals surface area (Å²) in [6, 6.07) is 16.9. The minimum atomic E-state index is -0.424. The number of benzene rings is 2. The van der Waals surface area contributed by atoms with Gasteiger partial charge in [0, 0.05) is 16.7 Å². The standard InChI is InChI=1S/C17H13ClN2O2/c18-15-7-5-13(6-8-15)11-19-22-17(21)12-20-10-9-14-3-1-2-4-16(14)20/h1-11H,12H2. The van der Waals surface area contributed by atoms with Crippen molar-refractivity contribution in [3.63, 3.8) is 0 Å². The monoisotopic (exact) mass is 312 g/mol. The van der Waals surface area contributed by atoms with Crippen LogP contribution < -0.4 is 0 Å². The summed E-state index contributed by atoms with van der Waals surface area (Å²) in [7, 11) is 0. The van der Waals surface area contributed by atoms with Crippen molar-refractivity contribution in [3.05, 3.63) is 71.4 Å². The van der Waals surface area contributed by atoms with E-state index in [2.05, 4.69) is 5.16 Å². The molecule has 0 radical (unpaired) electrons. The number of oxime groups is 1. The Bertz CT molecular complexity index is 822. The van der Waals surface area contributed by atoms with E-state index in [1.54, 1.807) is 24.3 Å². The summed E-state index contributed by atoms with van der Waals surface area (Å²) in [4.78, 5) is 16.7. The van der Waals surface area contributed by atoms with E-state index >= 15 is 0 Å². The molecular formula is C17H13ClN2O2. The van der Waals surface area contributed by atoms with Crippen LogP contribution in [0.2, 0.25) is 5.02 Å². The van der Waals surface area contributed by atoms with Crippen molar-refractivity contribution in [1.29, 1.82) is 0 Å². The molecule has 3 rings (SSSR count). The Balaban J connectivity index is 1.62. The Labute approximate surface area is 132 Å². The molecule has 0 aliphatic heterocycles. The van der Waals surface area contributed by atoms with Gasteiger partial charge in [0.25, 0.3) is 0 Å². The average Bonchev–Trinajstić information content (AvgIpc) is 2.93. The van der Waals surface area contributed by atoms with Crippen LogP contribution in [-0.2, 0) is 16.2 Å². The second-order valence-electron chi connectivity index (χ2n) is 4.75. The molecule has 4 nitrogen and oxygen atoms in total. The van der Waals surface area contributed by atoms with Crippen LogP contribution in [0, 0.1) is 0 Å². The first-order chi connectivity index (χ1) is 10.7. The first-order valence-corrected chi connectivity index (χ1v) is 7.13. The fourth-order valence-corrected chi connectivity index (χ4v) is 2.27. The van der Waals surface area contributed by atoms with E-state index in [4.69, 9.17) is 16.4 Å². The molecular weight excluding hydrogens is 300 g/mol. The number of fused-ring (bicyclic) bond motifs is 1. The van der Waals surface area contributed by atoms with Gasteiger partial charge in [-0.15, -0.1) is 0 Å². The van der Waals surface area contributed by atoms with Crippen LogP contribution in [0.3, 0.4) is 0 Å². The maximum Gasteiger partial charge on any atom is 0.354 e. The first kappa shape index (κ1) is 14.4. The summed E-state index contributed by atoms with van der Waals surface area (Å²) in [6.07, 6.45) is 3.33. The number of aromatic nitrogens is 1. The van der Waals surface area contributed by atoms with Crippen molar-refractivity contribution in [1.82, 2.24) is 4.57 Å². The van der Waals surface area contributed by atoms with Gasteiger partial charge in [-0.2, -0.15) is 0 Å². The van der Waals surface area contributed by atoms with Gasteiger partial charge < -0.3 is 9.40 Å². The van der Waals surface area contributed by atoms with Crippen molar-refractivity contribution in [2.24, 2.45) is 5.16 Å². The summed E-state index contributed by atoms with van der Waals surface area (Å²) >= 11 is 5.79. The van der Waals surface area contributed by atoms with Gasteiger partial charge in [0.1, 0.15) is 6.54 Å². The Morgan fingerprint density at radius 3 is 2.73 bits per heavy atom. The van der Waals surface area contributed by atoms with Crippen LogP contribution in [0.15, 0.2) is 65.9 Å². The van der Waals surface area contributed by atoms with Gasteiger partial charge >= 0.3 is 5.97 Å². The number of para-hydroxylation sites is 1. The second-order valence-corrected chi connectivity index (χ2v) is 5.19. The predicted molar refractivity (Wildman–Crippen MR) is 87.1 cm³/mol. The zero-order chi connectivity index (χ0) is 15.4. The molecule has 110 valence electrons. The van der Waals surface area contributed by atoms with Gasteiger partial charge in [0.2, 0.25) is 0 Å². The van der Waals surface area contributed by atoms with E-state index < -0.39 is 5.97 Å². The summed E-state index contributed by atoms with van der Waals surface area (Å²) in [6.45, 7) is 0.117. The molecule has 0 N–H and O–H groups in total. The zero-order valence-corrected chi connectivity index (χ0v) is 12.4. The van der Waals surface area contributed by atoms with Crippen LogP contribution in [0.25, 0.3) is 10.9 Å². The minimum Gasteiger partial charge on any atom is -0.336 e. The van der Waals surface area contributed by atoms with E-state index in [9.17, 15) is 4.79 Å². The van der Waals surface area contributed by atoms with E-state index in [1.807, 2.05) is 41.1 Å². The highest BCUT2D eigenvalue weighted by Gasteiger charge is 2.06. The molecule has 3 aromatic rings. The number of carbonyl (C=O) groups excluding carboxylic acids is 1. The van der Waals surface area contributed by atoms with Gasteiger partial charge in [0.05, 0.1) is 6.21 Å². The smallest absolute Gasteiger partial charge is 0.336 e. The molecule has 0 amide bonds. The largest absolute Gasteiger partial charge is 0.354 e. The lowest BCUT2D eigenvalue weighted by Gasteiger charge is -2.02. The van der Waals surface area contributed by atoms with Crippen molar-refractivity contribution in [2.45, 2.75) is 6.54 Å². The van der Waals surface area contributed by atoms with Gasteiger partial charge in [-0.25, -0.2) is 4.79 Å². The molecule has 1 heterocycles. The van der Waals surface area contributed by atoms with Gasteiger partial charge in [0.15, 0.2) is 0 Å². The predicted octanol–water partition coefficient (Wildman–Crippen LogP) is 3.87. The summed E-state index contributed by atoms with van der Waals surface area (Å²) < 4.78 is 1.83. The fourth-order valence-electron chi connectivity index (χ4n) is 2.14. The fraction of sp³-hybridized carbons (Fsp3) is 0.0588. The Kier molecular flexibility index (Phi) is 4.21. The minimum absolute atomic E-state index is 0.117. The molecule has 0 saturated heterocycles. The molecule has 1 aromatic heterocycles. The van der Waals surface area contributed by atoms with Crippen molar-refractivity contribution < 1.29 is 9.63 Å². The molecule has 0 unspecified atom stereocenters. The van der Waals surface area contributed by atoms with Gasteiger partial charge in [-0.05, 0) is 35.2 Å². The molecule has 2 aromatic carbocycles. The third kappa shape index (κ3) is 3.35. The highest BCUT2D eigenvalue weighted by Crippen LogP contribution is 2.15. The van der Waals surface area contributed by atoms with Crippen molar-refractivity contribution in [2.75, 3.05) is 0 Å². The molecule has 0 saturated carbocycles. The Morgan fingerprint density at radius 1 is 1.14 bits per heavy atom. The Morgan fingerprint density at radius 2 is 1.91 bits per heavy atom. The lowest BCUT2D eigenvalue weighted by atomic mass is 10.2. The van der Waals surface area contributed by atoms with E-state index in [1.165, 1.54) is 6.21 Å². The zero-order valence-electron chi connectivity index (χ0n) is 11.6. The van der Waals surface area contributed by atoms with Crippen LogP contribution in [0.4, 0.5) is 0 Å². The topological polar surface area (TPSA) is 43.6 Å². The molecule has 0 bridgehead atoms. The third-order valence-corrected chi connectivity index (χ3v) is 3.46. The lowest BCUT2D eigenvalue weighted by molar-refractivity contribution is -0.144. The molecule has 5 heteroatoms. The number of rotatable bonds is 4. The SMILES string of the molecule is O=C(Cn1ccc2ccccc21)ON=Cc1ccc(Cl)cc1. The van der Waals surface area contributed by atoms with E-state index in [0.29, 0.717) is 5.02 Å². The third-order valence-electron chi connectivity index (χ3n) is 3.21. The van der Waals surface area contributed by atoms with Crippen molar-refractivity contribution >= 4 is 34.7 Å².